The van der Waals surface area contributed by atoms with Gasteiger partial charge in [-0.15, -0.1) is 0 Å². The van der Waals surface area contributed by atoms with Crippen LogP contribution in [0.1, 0.15) is 44.1 Å². The third kappa shape index (κ3) is 4.03. The van der Waals surface area contributed by atoms with E-state index in [1.807, 2.05) is 36.4 Å². The first-order valence-corrected chi connectivity index (χ1v) is 9.07. The van der Waals surface area contributed by atoms with Gasteiger partial charge in [0.15, 0.2) is 0 Å². The molecule has 2 heteroatoms. The molecule has 2 aliphatic carbocycles. The number of hydrogen-bond acceptors (Lipinski definition) is 0. The Bertz CT molecular complexity index is 606. The standard InChI is InChI=1S/C22H26F2/c23-17-5-4-6-18-9-11-21(12-10-18)22(24)15-13-20(14-16-22)19-7-2-1-3-8-19/h1-4,6-8,13-15,18,21H,5,9-12,16-17H2/t18-,21-,22?. The molecule has 128 valence electrons. The first-order chi connectivity index (χ1) is 11.7. The highest BCUT2D eigenvalue weighted by Gasteiger charge is 2.39. The van der Waals surface area contributed by atoms with Gasteiger partial charge in [-0.25, -0.2) is 4.39 Å². The van der Waals surface area contributed by atoms with Crippen molar-refractivity contribution in [3.05, 3.63) is 66.3 Å². The third-order valence-corrected chi connectivity index (χ3v) is 5.42. The number of allylic oxidation sites excluding steroid dienone is 6. The molecule has 0 nitrogen and oxygen atoms in total. The molecular formula is C22H26F2. The van der Waals surface area contributed by atoms with Crippen LogP contribution in [0.5, 0.6) is 0 Å². The second-order valence-electron chi connectivity index (χ2n) is 7.01. The van der Waals surface area contributed by atoms with Crippen LogP contribution in [0, 0.1) is 11.8 Å². The first-order valence-electron chi connectivity index (χ1n) is 9.07. The summed E-state index contributed by atoms with van der Waals surface area (Å²) in [5.74, 6) is 0.604. The van der Waals surface area contributed by atoms with Gasteiger partial charge in [0.2, 0.25) is 0 Å². The fraction of sp³-hybridized carbons (Fsp3) is 0.455. The Morgan fingerprint density at radius 2 is 1.83 bits per heavy atom. The molecule has 1 unspecified atom stereocenters. The van der Waals surface area contributed by atoms with Gasteiger partial charge in [-0.2, -0.15) is 0 Å². The lowest BCUT2D eigenvalue weighted by atomic mass is 9.71. The number of rotatable bonds is 5. The molecule has 0 aromatic heterocycles. The van der Waals surface area contributed by atoms with Crippen molar-refractivity contribution in [3.63, 3.8) is 0 Å². The van der Waals surface area contributed by atoms with Crippen molar-refractivity contribution in [3.8, 4) is 0 Å². The van der Waals surface area contributed by atoms with E-state index >= 15 is 4.39 Å². The van der Waals surface area contributed by atoms with Crippen LogP contribution in [0.25, 0.3) is 5.57 Å². The zero-order chi connectivity index (χ0) is 16.8. The van der Waals surface area contributed by atoms with Crippen molar-refractivity contribution >= 4 is 5.57 Å². The molecule has 1 aromatic rings. The van der Waals surface area contributed by atoms with Crippen LogP contribution in [0.15, 0.2) is 60.7 Å². The van der Waals surface area contributed by atoms with E-state index in [0.29, 0.717) is 18.8 Å². The summed E-state index contributed by atoms with van der Waals surface area (Å²) in [5.41, 5.74) is 1.07. The topological polar surface area (TPSA) is 0 Å². The predicted octanol–water partition coefficient (Wildman–Crippen LogP) is 6.46. The molecule has 0 bridgehead atoms. The zero-order valence-electron chi connectivity index (χ0n) is 14.1. The minimum Gasteiger partial charge on any atom is -0.251 e. The maximum atomic E-state index is 15.4. The summed E-state index contributed by atoms with van der Waals surface area (Å²) in [6, 6.07) is 10.2. The first kappa shape index (κ1) is 17.1. The van der Waals surface area contributed by atoms with Crippen LogP contribution < -0.4 is 0 Å². The van der Waals surface area contributed by atoms with Gasteiger partial charge in [0.25, 0.3) is 0 Å². The van der Waals surface area contributed by atoms with E-state index in [4.69, 9.17) is 0 Å². The molecule has 0 N–H and O–H groups in total. The fourth-order valence-electron chi connectivity index (χ4n) is 3.92. The molecule has 1 aromatic carbocycles. The number of benzene rings is 1. The second kappa shape index (κ2) is 7.92. The monoisotopic (exact) mass is 328 g/mol. The van der Waals surface area contributed by atoms with Crippen molar-refractivity contribution in [1.82, 2.24) is 0 Å². The highest BCUT2D eigenvalue weighted by atomic mass is 19.1. The molecular weight excluding hydrogens is 302 g/mol. The smallest absolute Gasteiger partial charge is 0.135 e. The van der Waals surface area contributed by atoms with E-state index < -0.39 is 5.67 Å². The van der Waals surface area contributed by atoms with Crippen molar-refractivity contribution in [2.75, 3.05) is 6.67 Å². The molecule has 0 heterocycles. The van der Waals surface area contributed by atoms with E-state index in [2.05, 4.69) is 18.2 Å². The van der Waals surface area contributed by atoms with E-state index in [1.165, 1.54) is 0 Å². The molecule has 24 heavy (non-hydrogen) atoms. The van der Waals surface area contributed by atoms with Gasteiger partial charge in [0.05, 0.1) is 6.67 Å². The van der Waals surface area contributed by atoms with E-state index in [-0.39, 0.29) is 12.6 Å². The van der Waals surface area contributed by atoms with Gasteiger partial charge in [0.1, 0.15) is 5.67 Å². The van der Waals surface area contributed by atoms with E-state index in [0.717, 1.165) is 36.8 Å². The molecule has 1 fully saturated rings. The lowest BCUT2D eigenvalue weighted by Gasteiger charge is -2.37. The van der Waals surface area contributed by atoms with Crippen LogP contribution in [0.3, 0.4) is 0 Å². The maximum Gasteiger partial charge on any atom is 0.135 e. The number of halogens is 2. The third-order valence-electron chi connectivity index (χ3n) is 5.42. The SMILES string of the molecule is FCCC=C[C@H]1CC[C@H](C2(F)C=CC(c3ccccc3)=CC2)CC1. The van der Waals surface area contributed by atoms with E-state index in [9.17, 15) is 4.39 Å². The summed E-state index contributed by atoms with van der Waals surface area (Å²) < 4.78 is 27.5. The van der Waals surface area contributed by atoms with Crippen molar-refractivity contribution < 1.29 is 8.78 Å². The summed E-state index contributed by atoms with van der Waals surface area (Å²) in [5, 5.41) is 0. The minimum absolute atomic E-state index is 0.105. The van der Waals surface area contributed by atoms with Gasteiger partial charge in [-0.3, -0.25) is 4.39 Å². The van der Waals surface area contributed by atoms with Crippen LogP contribution in [-0.2, 0) is 0 Å². The Labute approximate surface area is 144 Å². The Morgan fingerprint density at radius 1 is 1.08 bits per heavy atom. The lowest BCUT2D eigenvalue weighted by Crippen LogP contribution is -2.34. The molecule has 0 aliphatic heterocycles. The quantitative estimate of drug-likeness (QED) is 0.544. The van der Waals surface area contributed by atoms with Crippen molar-refractivity contribution in [1.29, 1.82) is 0 Å². The molecule has 0 saturated heterocycles. The minimum atomic E-state index is -1.20. The van der Waals surface area contributed by atoms with Gasteiger partial charge in [-0.1, -0.05) is 54.6 Å². The zero-order valence-corrected chi connectivity index (χ0v) is 14.1. The Morgan fingerprint density at radius 3 is 2.46 bits per heavy atom. The molecule has 0 amide bonds. The summed E-state index contributed by atoms with van der Waals surface area (Å²) in [7, 11) is 0. The molecule has 0 spiro atoms. The highest BCUT2D eigenvalue weighted by molar-refractivity contribution is 5.75. The summed E-state index contributed by atoms with van der Waals surface area (Å²) in [6.45, 7) is -0.291. The second-order valence-corrected chi connectivity index (χ2v) is 7.01. The fourth-order valence-corrected chi connectivity index (χ4v) is 3.92. The Kier molecular flexibility index (Phi) is 5.65. The average Bonchev–Trinajstić information content (AvgIpc) is 2.64. The van der Waals surface area contributed by atoms with Gasteiger partial charge in [-0.05, 0) is 61.2 Å². The normalized spacial score (nSPS) is 30.5. The van der Waals surface area contributed by atoms with Crippen molar-refractivity contribution in [2.45, 2.75) is 44.2 Å². The van der Waals surface area contributed by atoms with Crippen LogP contribution in [-0.4, -0.2) is 12.3 Å². The highest BCUT2D eigenvalue weighted by Crippen LogP contribution is 2.43. The van der Waals surface area contributed by atoms with Crippen molar-refractivity contribution in [2.24, 2.45) is 11.8 Å². The lowest BCUT2D eigenvalue weighted by molar-refractivity contribution is 0.0975. The van der Waals surface area contributed by atoms with E-state index in [1.54, 1.807) is 6.08 Å². The Balaban J connectivity index is 1.57. The molecule has 1 saturated carbocycles. The van der Waals surface area contributed by atoms with Crippen LogP contribution in [0.4, 0.5) is 8.78 Å². The summed E-state index contributed by atoms with van der Waals surface area (Å²) in [4.78, 5) is 0. The number of hydrogen-bond donors (Lipinski definition) is 0. The summed E-state index contributed by atoms with van der Waals surface area (Å²) >= 11 is 0. The molecule has 0 radical (unpaired) electrons. The predicted molar refractivity (Wildman–Crippen MR) is 97.2 cm³/mol. The molecule has 1 atom stereocenters. The van der Waals surface area contributed by atoms with Crippen LogP contribution >= 0.6 is 0 Å². The largest absolute Gasteiger partial charge is 0.251 e. The van der Waals surface area contributed by atoms with Gasteiger partial charge in [0, 0.05) is 6.42 Å². The molecule has 2 aliphatic rings. The maximum absolute atomic E-state index is 15.4. The average molecular weight is 328 g/mol. The number of alkyl halides is 2. The molecule has 3 rings (SSSR count). The summed E-state index contributed by atoms with van der Waals surface area (Å²) in [6.07, 6.45) is 14.7. The van der Waals surface area contributed by atoms with Crippen LogP contribution in [0.2, 0.25) is 0 Å². The van der Waals surface area contributed by atoms with Gasteiger partial charge < -0.3 is 0 Å². The van der Waals surface area contributed by atoms with Gasteiger partial charge >= 0.3 is 0 Å². The Hall–Kier alpha value is -1.70.